The number of rotatable bonds is 4. The van der Waals surface area contributed by atoms with Gasteiger partial charge in [-0.05, 0) is 26.5 Å². The van der Waals surface area contributed by atoms with E-state index >= 15 is 0 Å². The Hall–Kier alpha value is -1.24. The smallest absolute Gasteiger partial charge is 0.349 e. The molecule has 3 atom stereocenters. The lowest BCUT2D eigenvalue weighted by Crippen LogP contribution is -2.36. The Kier molecular flexibility index (Phi) is 4.34. The minimum atomic E-state index is -0.281. The van der Waals surface area contributed by atoms with Crippen molar-refractivity contribution in [2.75, 3.05) is 20.8 Å². The fourth-order valence-electron chi connectivity index (χ4n) is 2.38. The van der Waals surface area contributed by atoms with Gasteiger partial charge in [0.05, 0.1) is 12.7 Å². The molecule has 2 heterocycles. The van der Waals surface area contributed by atoms with Gasteiger partial charge < -0.3 is 14.8 Å². The van der Waals surface area contributed by atoms with Crippen LogP contribution in [-0.2, 0) is 9.47 Å². The number of hydrogen-bond donors (Lipinski definition) is 1. The third-order valence-electron chi connectivity index (χ3n) is 3.64. The second-order valence-electron chi connectivity index (χ2n) is 4.91. The molecule has 6 heteroatoms. The Morgan fingerprint density at radius 1 is 1.58 bits per heavy atom. The van der Waals surface area contributed by atoms with Crippen molar-refractivity contribution in [3.8, 4) is 0 Å². The molecule has 0 bridgehead atoms. The SMILES string of the molecule is CN[C@H]1C[C@H](n2cc(C)c(C)nc2=O)O[C@@H]1COC. The van der Waals surface area contributed by atoms with Crippen LogP contribution in [0.4, 0.5) is 0 Å². The zero-order chi connectivity index (χ0) is 14.0. The number of aryl methyl sites for hydroxylation is 2. The van der Waals surface area contributed by atoms with Crippen molar-refractivity contribution >= 4 is 0 Å². The average Bonchev–Trinajstić information content (AvgIpc) is 2.77. The molecule has 19 heavy (non-hydrogen) atoms. The molecular weight excluding hydrogens is 246 g/mol. The van der Waals surface area contributed by atoms with Gasteiger partial charge in [-0.1, -0.05) is 0 Å². The van der Waals surface area contributed by atoms with Crippen molar-refractivity contribution in [3.05, 3.63) is 27.9 Å². The molecule has 1 aliphatic rings. The highest BCUT2D eigenvalue weighted by molar-refractivity contribution is 5.12. The van der Waals surface area contributed by atoms with Crippen molar-refractivity contribution in [1.82, 2.24) is 14.9 Å². The van der Waals surface area contributed by atoms with Gasteiger partial charge in [0, 0.05) is 31.5 Å². The second-order valence-corrected chi connectivity index (χ2v) is 4.91. The molecule has 1 aromatic rings. The Morgan fingerprint density at radius 3 is 2.95 bits per heavy atom. The fraction of sp³-hybridized carbons (Fsp3) is 0.692. The molecule has 0 unspecified atom stereocenters. The summed E-state index contributed by atoms with van der Waals surface area (Å²) in [7, 11) is 3.54. The predicted molar refractivity (Wildman–Crippen MR) is 71.2 cm³/mol. The first-order valence-corrected chi connectivity index (χ1v) is 6.45. The summed E-state index contributed by atoms with van der Waals surface area (Å²) in [6.07, 6.45) is 2.22. The largest absolute Gasteiger partial charge is 0.382 e. The molecule has 106 valence electrons. The van der Waals surface area contributed by atoms with E-state index in [1.165, 1.54) is 0 Å². The van der Waals surface area contributed by atoms with Crippen molar-refractivity contribution in [2.24, 2.45) is 0 Å². The van der Waals surface area contributed by atoms with Crippen LogP contribution in [0.25, 0.3) is 0 Å². The third-order valence-corrected chi connectivity index (χ3v) is 3.64. The fourth-order valence-corrected chi connectivity index (χ4v) is 2.38. The molecule has 0 amide bonds. The van der Waals surface area contributed by atoms with Crippen LogP contribution in [0.3, 0.4) is 0 Å². The van der Waals surface area contributed by atoms with E-state index in [0.717, 1.165) is 17.7 Å². The standard InChI is InChI=1S/C13H21N3O3/c1-8-6-16(13(17)15-9(8)2)12-5-10(14-3)11(19-12)7-18-4/h6,10-12,14H,5,7H2,1-4H3/t10-,11+,12+/m0/s1. The van der Waals surface area contributed by atoms with E-state index in [9.17, 15) is 4.79 Å². The maximum Gasteiger partial charge on any atom is 0.349 e. The van der Waals surface area contributed by atoms with Gasteiger partial charge >= 0.3 is 5.69 Å². The first-order valence-electron chi connectivity index (χ1n) is 6.45. The van der Waals surface area contributed by atoms with Gasteiger partial charge in [0.2, 0.25) is 0 Å². The lowest BCUT2D eigenvalue weighted by Gasteiger charge is -2.17. The number of hydrogen-bond acceptors (Lipinski definition) is 5. The van der Waals surface area contributed by atoms with Gasteiger partial charge in [-0.2, -0.15) is 4.98 Å². The van der Waals surface area contributed by atoms with E-state index in [1.807, 2.05) is 27.1 Å². The zero-order valence-corrected chi connectivity index (χ0v) is 11.8. The topological polar surface area (TPSA) is 65.4 Å². The number of likely N-dealkylation sites (N-methyl/N-ethyl adjacent to an activating group) is 1. The molecule has 1 aliphatic heterocycles. The first-order chi connectivity index (χ1) is 9.06. The van der Waals surface area contributed by atoms with Crippen molar-refractivity contribution in [3.63, 3.8) is 0 Å². The summed E-state index contributed by atoms with van der Waals surface area (Å²) in [5.74, 6) is 0. The molecular formula is C13H21N3O3. The summed E-state index contributed by atoms with van der Waals surface area (Å²) in [5.41, 5.74) is 1.48. The first kappa shape index (κ1) is 14.2. The Bertz CT molecular complexity index is 500. The minimum Gasteiger partial charge on any atom is -0.382 e. The summed E-state index contributed by atoms with van der Waals surface area (Å²) in [6, 6.07) is 0.179. The lowest BCUT2D eigenvalue weighted by atomic mass is 10.1. The molecule has 1 N–H and O–H groups in total. The summed E-state index contributed by atoms with van der Waals surface area (Å²) in [5, 5.41) is 3.20. The van der Waals surface area contributed by atoms with E-state index in [1.54, 1.807) is 11.7 Å². The molecule has 6 nitrogen and oxygen atoms in total. The molecule has 0 spiro atoms. The molecule has 0 saturated carbocycles. The van der Waals surface area contributed by atoms with Crippen molar-refractivity contribution in [2.45, 2.75) is 38.6 Å². The van der Waals surface area contributed by atoms with Crippen LogP contribution >= 0.6 is 0 Å². The maximum absolute atomic E-state index is 12.0. The molecule has 1 fully saturated rings. The maximum atomic E-state index is 12.0. The van der Waals surface area contributed by atoms with Crippen LogP contribution in [0.2, 0.25) is 0 Å². The molecule has 1 saturated heterocycles. The van der Waals surface area contributed by atoms with E-state index in [0.29, 0.717) is 6.61 Å². The number of methoxy groups -OCH3 is 1. The van der Waals surface area contributed by atoms with Crippen molar-refractivity contribution < 1.29 is 9.47 Å². The van der Waals surface area contributed by atoms with Crippen LogP contribution < -0.4 is 11.0 Å². The van der Waals surface area contributed by atoms with Crippen LogP contribution in [0, 0.1) is 13.8 Å². The zero-order valence-electron chi connectivity index (χ0n) is 11.8. The summed E-state index contributed by atoms with van der Waals surface area (Å²) in [6.45, 7) is 4.28. The third kappa shape index (κ3) is 2.86. The second kappa shape index (κ2) is 5.81. The van der Waals surface area contributed by atoms with E-state index in [2.05, 4.69) is 10.3 Å². The highest BCUT2D eigenvalue weighted by Gasteiger charge is 2.35. The molecule has 0 aromatic carbocycles. The van der Waals surface area contributed by atoms with Crippen LogP contribution in [0.15, 0.2) is 11.0 Å². The van der Waals surface area contributed by atoms with Gasteiger partial charge in [0.1, 0.15) is 6.23 Å². The Balaban J connectivity index is 2.24. The lowest BCUT2D eigenvalue weighted by molar-refractivity contribution is -0.0377. The predicted octanol–water partition coefficient (Wildman–Crippen LogP) is 0.382. The number of ether oxygens (including phenoxy) is 2. The number of nitrogens with zero attached hydrogens (tertiary/aromatic N) is 2. The van der Waals surface area contributed by atoms with E-state index in [4.69, 9.17) is 9.47 Å². The van der Waals surface area contributed by atoms with Gasteiger partial charge in [-0.25, -0.2) is 4.79 Å². The number of nitrogens with one attached hydrogen (secondary N) is 1. The summed E-state index contributed by atoms with van der Waals surface area (Å²) >= 11 is 0. The highest BCUT2D eigenvalue weighted by atomic mass is 16.5. The Labute approximate surface area is 112 Å². The summed E-state index contributed by atoms with van der Waals surface area (Å²) < 4.78 is 12.6. The van der Waals surface area contributed by atoms with Gasteiger partial charge in [0.25, 0.3) is 0 Å². The quantitative estimate of drug-likeness (QED) is 0.854. The molecule has 2 rings (SSSR count). The van der Waals surface area contributed by atoms with E-state index < -0.39 is 0 Å². The summed E-state index contributed by atoms with van der Waals surface area (Å²) in [4.78, 5) is 16.0. The minimum absolute atomic E-state index is 0.0477. The molecule has 0 aliphatic carbocycles. The van der Waals surface area contributed by atoms with E-state index in [-0.39, 0.29) is 24.1 Å². The number of aromatic nitrogens is 2. The normalized spacial score (nSPS) is 26.8. The highest BCUT2D eigenvalue weighted by Crippen LogP contribution is 2.27. The molecule has 0 radical (unpaired) electrons. The van der Waals surface area contributed by atoms with Crippen LogP contribution in [-0.4, -0.2) is 42.5 Å². The van der Waals surface area contributed by atoms with Crippen LogP contribution in [0.5, 0.6) is 0 Å². The van der Waals surface area contributed by atoms with Gasteiger partial charge in [0.15, 0.2) is 0 Å². The van der Waals surface area contributed by atoms with Crippen molar-refractivity contribution in [1.29, 1.82) is 0 Å². The van der Waals surface area contributed by atoms with Gasteiger partial charge in [-0.3, -0.25) is 4.57 Å². The van der Waals surface area contributed by atoms with Gasteiger partial charge in [-0.15, -0.1) is 0 Å². The Morgan fingerprint density at radius 2 is 2.32 bits per heavy atom. The van der Waals surface area contributed by atoms with Crippen LogP contribution in [0.1, 0.15) is 23.9 Å². The molecule has 1 aromatic heterocycles. The average molecular weight is 267 g/mol. The monoisotopic (exact) mass is 267 g/mol.